The normalized spacial score (nSPS) is 18.4. The number of benzene rings is 1. The van der Waals surface area contributed by atoms with Crippen molar-refractivity contribution in [1.29, 1.82) is 0 Å². The molecule has 0 aromatic heterocycles. The van der Waals surface area contributed by atoms with Crippen LogP contribution in [-0.2, 0) is 19.1 Å². The zero-order chi connectivity index (χ0) is 21.9. The second-order valence-electron chi connectivity index (χ2n) is 9.02. The van der Waals surface area contributed by atoms with Crippen LogP contribution < -0.4 is 4.74 Å². The Balaban J connectivity index is 1.50. The number of aryl methyl sites for hydroxylation is 1. The highest BCUT2D eigenvalue weighted by atomic mass is 16.6. The lowest BCUT2D eigenvalue weighted by Crippen LogP contribution is -2.49. The van der Waals surface area contributed by atoms with Gasteiger partial charge >= 0.3 is 5.97 Å². The zero-order valence-electron chi connectivity index (χ0n) is 18.4. The van der Waals surface area contributed by atoms with Crippen LogP contribution in [0.2, 0.25) is 0 Å². The topological polar surface area (TPSA) is 76.2 Å². The fourth-order valence-corrected chi connectivity index (χ4v) is 4.48. The van der Waals surface area contributed by atoms with Crippen LogP contribution in [0.1, 0.15) is 45.6 Å². The zero-order valence-corrected chi connectivity index (χ0v) is 18.4. The van der Waals surface area contributed by atoms with Crippen LogP contribution in [0.5, 0.6) is 5.75 Å². The van der Waals surface area contributed by atoms with Crippen LogP contribution in [-0.4, -0.2) is 66.0 Å². The summed E-state index contributed by atoms with van der Waals surface area (Å²) in [4.78, 5) is 40.4. The molecule has 2 heterocycles. The van der Waals surface area contributed by atoms with E-state index in [0.29, 0.717) is 26.2 Å². The Morgan fingerprint density at radius 2 is 1.63 bits per heavy atom. The minimum Gasteiger partial charge on any atom is -0.484 e. The quantitative estimate of drug-likeness (QED) is 0.690. The summed E-state index contributed by atoms with van der Waals surface area (Å²) in [5.74, 6) is 0.122. The molecule has 7 heteroatoms. The number of rotatable bonds is 5. The number of ether oxygens (including phenoxy) is 2. The van der Waals surface area contributed by atoms with Gasteiger partial charge in [-0.2, -0.15) is 0 Å². The molecule has 2 fully saturated rings. The number of carbonyl (C=O) groups is 3. The first kappa shape index (κ1) is 22.1. The molecule has 2 amide bonds. The van der Waals surface area contributed by atoms with Gasteiger partial charge in [0.2, 0.25) is 0 Å². The van der Waals surface area contributed by atoms with Gasteiger partial charge in [0, 0.05) is 33.1 Å². The number of piperidine rings is 1. The highest BCUT2D eigenvalue weighted by molar-refractivity contribution is 5.87. The Morgan fingerprint density at radius 3 is 2.23 bits per heavy atom. The van der Waals surface area contributed by atoms with Crippen molar-refractivity contribution in [3.05, 3.63) is 29.8 Å². The van der Waals surface area contributed by atoms with Crippen LogP contribution in [0.4, 0.5) is 0 Å². The molecule has 0 aliphatic carbocycles. The van der Waals surface area contributed by atoms with E-state index in [0.717, 1.165) is 30.6 Å². The van der Waals surface area contributed by atoms with Gasteiger partial charge < -0.3 is 19.3 Å². The molecule has 0 atom stereocenters. The number of amides is 2. The standard InChI is InChI=1S/C23H32N2O5/c1-17-7-5-6-8-19(17)29-15-20(27)24-12-9-23(10-13-24)11-14-25(16-23)21(28)22(3,4)30-18(2)26/h5-8H,9-16H2,1-4H3. The second-order valence-corrected chi connectivity index (χ2v) is 9.02. The monoisotopic (exact) mass is 416 g/mol. The fourth-order valence-electron chi connectivity index (χ4n) is 4.48. The van der Waals surface area contributed by atoms with E-state index in [1.165, 1.54) is 6.92 Å². The van der Waals surface area contributed by atoms with Gasteiger partial charge in [0.15, 0.2) is 12.2 Å². The molecule has 0 N–H and O–H groups in total. The maximum Gasteiger partial charge on any atom is 0.303 e. The van der Waals surface area contributed by atoms with E-state index in [9.17, 15) is 14.4 Å². The summed E-state index contributed by atoms with van der Waals surface area (Å²) in [5.41, 5.74) is -0.105. The first-order chi connectivity index (χ1) is 14.1. The molecular weight excluding hydrogens is 384 g/mol. The number of para-hydroxylation sites is 1. The van der Waals surface area contributed by atoms with Crippen molar-refractivity contribution in [2.45, 2.75) is 52.6 Å². The lowest BCUT2D eigenvalue weighted by atomic mass is 9.77. The minimum absolute atomic E-state index is 0.00461. The number of nitrogens with zero attached hydrogens (tertiary/aromatic N) is 2. The predicted molar refractivity (Wildman–Crippen MR) is 112 cm³/mol. The Hall–Kier alpha value is -2.57. The molecule has 1 aromatic carbocycles. The Bertz CT molecular complexity index is 812. The number of hydrogen-bond donors (Lipinski definition) is 0. The summed E-state index contributed by atoms with van der Waals surface area (Å²) in [7, 11) is 0. The minimum atomic E-state index is -1.15. The molecule has 2 saturated heterocycles. The van der Waals surface area contributed by atoms with Crippen molar-refractivity contribution < 1.29 is 23.9 Å². The smallest absolute Gasteiger partial charge is 0.303 e. The molecule has 2 aliphatic rings. The molecular formula is C23H32N2O5. The maximum atomic E-state index is 12.8. The second kappa shape index (κ2) is 8.66. The largest absolute Gasteiger partial charge is 0.484 e. The average Bonchev–Trinajstić information content (AvgIpc) is 3.09. The molecule has 30 heavy (non-hydrogen) atoms. The lowest BCUT2D eigenvalue weighted by Gasteiger charge is -2.39. The third-order valence-electron chi connectivity index (χ3n) is 6.26. The van der Waals surface area contributed by atoms with Crippen LogP contribution >= 0.6 is 0 Å². The summed E-state index contributed by atoms with van der Waals surface area (Å²) < 4.78 is 10.9. The van der Waals surface area contributed by atoms with Gasteiger partial charge in [-0.15, -0.1) is 0 Å². The van der Waals surface area contributed by atoms with Crippen LogP contribution in [0.25, 0.3) is 0 Å². The average molecular weight is 417 g/mol. The van der Waals surface area contributed by atoms with Crippen molar-refractivity contribution in [2.24, 2.45) is 5.41 Å². The number of carbonyl (C=O) groups excluding carboxylic acids is 3. The highest BCUT2D eigenvalue weighted by Crippen LogP contribution is 2.41. The van der Waals surface area contributed by atoms with E-state index >= 15 is 0 Å². The summed E-state index contributed by atoms with van der Waals surface area (Å²) in [6, 6.07) is 7.67. The third kappa shape index (κ3) is 4.94. The van der Waals surface area contributed by atoms with Crippen molar-refractivity contribution in [3.63, 3.8) is 0 Å². The van der Waals surface area contributed by atoms with E-state index in [2.05, 4.69) is 0 Å². The van der Waals surface area contributed by atoms with Crippen LogP contribution in [0.15, 0.2) is 24.3 Å². The fraction of sp³-hybridized carbons (Fsp3) is 0.609. The Labute approximate surface area is 178 Å². The molecule has 2 aliphatic heterocycles. The van der Waals surface area contributed by atoms with Gasteiger partial charge in [-0.3, -0.25) is 14.4 Å². The molecule has 1 aromatic rings. The summed E-state index contributed by atoms with van der Waals surface area (Å²) in [6.45, 7) is 9.24. The molecule has 3 rings (SSSR count). The first-order valence-electron chi connectivity index (χ1n) is 10.6. The Kier molecular flexibility index (Phi) is 6.38. The van der Waals surface area contributed by atoms with Crippen molar-refractivity contribution in [1.82, 2.24) is 9.80 Å². The molecule has 7 nitrogen and oxygen atoms in total. The van der Waals surface area contributed by atoms with E-state index in [1.54, 1.807) is 13.8 Å². The highest BCUT2D eigenvalue weighted by Gasteiger charge is 2.46. The van der Waals surface area contributed by atoms with Crippen LogP contribution in [0.3, 0.4) is 0 Å². The van der Waals surface area contributed by atoms with Crippen molar-refractivity contribution in [3.8, 4) is 5.75 Å². The molecule has 0 bridgehead atoms. The van der Waals surface area contributed by atoms with Gasteiger partial charge in [0.05, 0.1) is 0 Å². The van der Waals surface area contributed by atoms with Crippen molar-refractivity contribution >= 4 is 17.8 Å². The van der Waals surface area contributed by atoms with Gasteiger partial charge in [-0.05, 0) is 57.1 Å². The summed E-state index contributed by atoms with van der Waals surface area (Å²) >= 11 is 0. The van der Waals surface area contributed by atoms with Crippen molar-refractivity contribution in [2.75, 3.05) is 32.8 Å². The molecule has 0 unspecified atom stereocenters. The molecule has 1 spiro atoms. The SMILES string of the molecule is CC(=O)OC(C)(C)C(=O)N1CCC2(CCN(C(=O)COc3ccccc3C)CC2)C1. The van der Waals surface area contributed by atoms with E-state index in [1.807, 2.05) is 41.0 Å². The van der Waals surface area contributed by atoms with Gasteiger partial charge in [-0.1, -0.05) is 18.2 Å². The van der Waals surface area contributed by atoms with Gasteiger partial charge in [0.25, 0.3) is 11.8 Å². The first-order valence-corrected chi connectivity index (χ1v) is 10.6. The third-order valence-corrected chi connectivity index (χ3v) is 6.26. The Morgan fingerprint density at radius 1 is 1.03 bits per heavy atom. The lowest BCUT2D eigenvalue weighted by molar-refractivity contribution is -0.168. The molecule has 0 radical (unpaired) electrons. The number of hydrogen-bond acceptors (Lipinski definition) is 5. The summed E-state index contributed by atoms with van der Waals surface area (Å²) in [5, 5.41) is 0. The van der Waals surface area contributed by atoms with Gasteiger partial charge in [-0.25, -0.2) is 0 Å². The predicted octanol–water partition coefficient (Wildman–Crippen LogP) is 2.56. The van der Waals surface area contributed by atoms with Gasteiger partial charge in [0.1, 0.15) is 5.75 Å². The molecule has 0 saturated carbocycles. The number of esters is 1. The number of likely N-dealkylation sites (tertiary alicyclic amines) is 2. The van der Waals surface area contributed by atoms with E-state index in [4.69, 9.17) is 9.47 Å². The van der Waals surface area contributed by atoms with Crippen LogP contribution in [0, 0.1) is 12.3 Å². The van der Waals surface area contributed by atoms with E-state index in [-0.39, 0.29) is 23.8 Å². The molecule has 164 valence electrons. The maximum absolute atomic E-state index is 12.8. The van der Waals surface area contributed by atoms with E-state index < -0.39 is 11.6 Å². The summed E-state index contributed by atoms with van der Waals surface area (Å²) in [6.07, 6.45) is 2.64.